The number of carbonyl (C=O) groups is 2. The third kappa shape index (κ3) is 39.1. The molecule has 5 nitrogen and oxygen atoms in total. The molecule has 0 radical (unpaired) electrons. The second-order valence-corrected chi connectivity index (χ2v) is 12.6. The van der Waals surface area contributed by atoms with Gasteiger partial charge in [0.15, 0.2) is 6.10 Å². The number of allylic oxidation sites excluding steroid dienone is 19. The van der Waals surface area contributed by atoms with Crippen molar-refractivity contribution in [2.24, 2.45) is 0 Å². The van der Waals surface area contributed by atoms with Gasteiger partial charge in [0.1, 0.15) is 6.61 Å². The second-order valence-electron chi connectivity index (χ2n) is 12.6. The predicted molar refractivity (Wildman–Crippen MR) is 223 cm³/mol. The number of hydrogen-bond acceptors (Lipinski definition) is 5. The molecule has 0 aliphatic carbocycles. The number of ether oxygens (including phenoxy) is 2. The maximum absolute atomic E-state index is 12.2. The highest BCUT2D eigenvalue weighted by molar-refractivity contribution is 5.71. The van der Waals surface area contributed by atoms with Crippen LogP contribution in [0.1, 0.15) is 142 Å². The van der Waals surface area contributed by atoms with E-state index in [0.29, 0.717) is 6.42 Å². The number of rotatable bonds is 34. The molecule has 52 heavy (non-hydrogen) atoms. The predicted octanol–water partition coefficient (Wildman–Crippen LogP) is 12.8. The Labute approximate surface area is 318 Å². The van der Waals surface area contributed by atoms with Crippen molar-refractivity contribution in [3.63, 3.8) is 0 Å². The van der Waals surface area contributed by atoms with Crippen molar-refractivity contribution in [3.05, 3.63) is 122 Å². The lowest BCUT2D eigenvalue weighted by Gasteiger charge is -2.15. The largest absolute Gasteiger partial charge is 0.461 e. The summed E-state index contributed by atoms with van der Waals surface area (Å²) in [4.78, 5) is 24.2. The Morgan fingerprint density at radius 3 is 1.25 bits per heavy atom. The Bertz CT molecular complexity index is 1130. The summed E-state index contributed by atoms with van der Waals surface area (Å²) in [6, 6.07) is 0. The topological polar surface area (TPSA) is 72.8 Å². The van der Waals surface area contributed by atoms with E-state index in [1.165, 1.54) is 25.7 Å². The first-order valence-corrected chi connectivity index (χ1v) is 20.1. The van der Waals surface area contributed by atoms with Crippen LogP contribution >= 0.6 is 0 Å². The Hall–Kier alpha value is -3.70. The molecular formula is C47H72O5. The minimum atomic E-state index is -0.826. The normalized spacial score (nSPS) is 13.5. The van der Waals surface area contributed by atoms with Crippen molar-refractivity contribution >= 4 is 11.9 Å². The summed E-state index contributed by atoms with van der Waals surface area (Å²) in [5.41, 5.74) is 0. The molecule has 0 aromatic carbocycles. The van der Waals surface area contributed by atoms with Crippen LogP contribution in [0.15, 0.2) is 122 Å². The van der Waals surface area contributed by atoms with Gasteiger partial charge in [0.25, 0.3) is 0 Å². The minimum absolute atomic E-state index is 0.134. The first kappa shape index (κ1) is 48.3. The lowest BCUT2D eigenvalue weighted by Crippen LogP contribution is -2.28. The summed E-state index contributed by atoms with van der Waals surface area (Å²) < 4.78 is 10.5. The van der Waals surface area contributed by atoms with Crippen molar-refractivity contribution in [2.45, 2.75) is 148 Å². The SMILES string of the molecule is CC/C=C\C/C=C\C/C=C\C/C=C\C/C=C\CCCCCCCCCC(=O)OC(CO)COC(=O)C/C=C\C/C=C\C/C=C\C/C=C\C/C=C\CC. The molecule has 1 atom stereocenters. The van der Waals surface area contributed by atoms with E-state index in [-0.39, 0.29) is 25.6 Å². The third-order valence-electron chi connectivity index (χ3n) is 7.78. The summed E-state index contributed by atoms with van der Waals surface area (Å²) in [6.45, 7) is 3.78. The maximum Gasteiger partial charge on any atom is 0.309 e. The smallest absolute Gasteiger partial charge is 0.309 e. The second kappa shape index (κ2) is 41.7. The fourth-order valence-corrected chi connectivity index (χ4v) is 4.83. The Morgan fingerprint density at radius 1 is 0.462 bits per heavy atom. The molecular weight excluding hydrogens is 645 g/mol. The van der Waals surface area contributed by atoms with Gasteiger partial charge in [-0.3, -0.25) is 9.59 Å². The number of carbonyl (C=O) groups excluding carboxylic acids is 2. The third-order valence-corrected chi connectivity index (χ3v) is 7.78. The van der Waals surface area contributed by atoms with Crippen LogP contribution in [0.5, 0.6) is 0 Å². The Morgan fingerprint density at radius 2 is 0.827 bits per heavy atom. The molecule has 0 saturated carbocycles. The minimum Gasteiger partial charge on any atom is -0.461 e. The number of esters is 2. The number of aliphatic hydroxyl groups is 1. The van der Waals surface area contributed by atoms with E-state index in [2.05, 4.69) is 123 Å². The molecule has 5 heteroatoms. The first-order chi connectivity index (χ1) is 25.6. The van der Waals surface area contributed by atoms with Gasteiger partial charge in [-0.1, -0.05) is 167 Å². The highest BCUT2D eigenvalue weighted by Gasteiger charge is 2.15. The van der Waals surface area contributed by atoms with Crippen molar-refractivity contribution < 1.29 is 24.2 Å². The fourth-order valence-electron chi connectivity index (χ4n) is 4.83. The highest BCUT2D eigenvalue weighted by atomic mass is 16.6. The average Bonchev–Trinajstić information content (AvgIpc) is 3.15. The van der Waals surface area contributed by atoms with E-state index in [1.807, 2.05) is 6.08 Å². The molecule has 0 rings (SSSR count). The molecule has 0 aliphatic heterocycles. The van der Waals surface area contributed by atoms with Crippen LogP contribution in [0.4, 0.5) is 0 Å². The molecule has 1 N–H and O–H groups in total. The molecule has 290 valence electrons. The van der Waals surface area contributed by atoms with Crippen LogP contribution in [0.2, 0.25) is 0 Å². The van der Waals surface area contributed by atoms with Crippen LogP contribution in [-0.2, 0) is 19.1 Å². The zero-order chi connectivity index (χ0) is 37.8. The van der Waals surface area contributed by atoms with Gasteiger partial charge in [0, 0.05) is 6.42 Å². The van der Waals surface area contributed by atoms with Crippen LogP contribution in [0.25, 0.3) is 0 Å². The van der Waals surface area contributed by atoms with E-state index in [1.54, 1.807) is 6.08 Å². The van der Waals surface area contributed by atoms with Gasteiger partial charge in [0.2, 0.25) is 0 Å². The quantitative estimate of drug-likeness (QED) is 0.0408. The molecule has 0 amide bonds. The monoisotopic (exact) mass is 717 g/mol. The van der Waals surface area contributed by atoms with E-state index in [4.69, 9.17) is 9.47 Å². The zero-order valence-corrected chi connectivity index (χ0v) is 32.8. The summed E-state index contributed by atoms with van der Waals surface area (Å²) >= 11 is 0. The van der Waals surface area contributed by atoms with Crippen molar-refractivity contribution in [1.82, 2.24) is 0 Å². The Kier molecular flexibility index (Phi) is 38.8. The molecule has 0 spiro atoms. The summed E-state index contributed by atoms with van der Waals surface area (Å²) in [7, 11) is 0. The van der Waals surface area contributed by atoms with Crippen LogP contribution < -0.4 is 0 Å². The van der Waals surface area contributed by atoms with Gasteiger partial charge in [-0.25, -0.2) is 0 Å². The van der Waals surface area contributed by atoms with Crippen molar-refractivity contribution in [3.8, 4) is 0 Å². The average molecular weight is 717 g/mol. The molecule has 0 heterocycles. The van der Waals surface area contributed by atoms with Crippen LogP contribution in [0, 0.1) is 0 Å². The van der Waals surface area contributed by atoms with Crippen molar-refractivity contribution in [2.75, 3.05) is 13.2 Å². The van der Waals surface area contributed by atoms with Gasteiger partial charge in [-0.05, 0) is 83.5 Å². The molecule has 0 bridgehead atoms. The highest BCUT2D eigenvalue weighted by Crippen LogP contribution is 2.11. The van der Waals surface area contributed by atoms with Gasteiger partial charge in [-0.15, -0.1) is 0 Å². The Balaban J connectivity index is 3.73. The molecule has 1 unspecified atom stereocenters. The molecule has 0 aromatic heterocycles. The lowest BCUT2D eigenvalue weighted by atomic mass is 10.1. The van der Waals surface area contributed by atoms with Gasteiger partial charge in [0.05, 0.1) is 13.0 Å². The summed E-state index contributed by atoms with van der Waals surface area (Å²) in [5.74, 6) is -0.765. The van der Waals surface area contributed by atoms with Gasteiger partial charge >= 0.3 is 11.9 Å². The maximum atomic E-state index is 12.2. The molecule has 0 saturated heterocycles. The lowest BCUT2D eigenvalue weighted by molar-refractivity contribution is -0.161. The van der Waals surface area contributed by atoms with E-state index in [9.17, 15) is 14.7 Å². The summed E-state index contributed by atoms with van der Waals surface area (Å²) in [6.07, 6.45) is 61.4. The molecule has 0 fully saturated rings. The first-order valence-electron chi connectivity index (χ1n) is 20.1. The van der Waals surface area contributed by atoms with Gasteiger partial charge in [-0.2, -0.15) is 0 Å². The van der Waals surface area contributed by atoms with Gasteiger partial charge < -0.3 is 14.6 Å². The molecule has 0 aliphatic rings. The molecule has 0 aromatic rings. The van der Waals surface area contributed by atoms with Crippen LogP contribution in [0.3, 0.4) is 0 Å². The summed E-state index contributed by atoms with van der Waals surface area (Å²) in [5, 5.41) is 9.55. The standard InChI is InChI=1S/C47H72O5/c1-3-5-7-9-11-13-15-17-19-20-21-22-23-24-25-26-28-30-32-34-36-38-40-42-47(50)52-45(43-48)44-51-46(49)41-39-37-35-33-31-29-27-18-16-14-12-10-8-6-4-2/h5-8,11-14,17-19,21-22,24-25,27,31,33,37,39,45,48H,3-4,9-10,15-16,20,23,26,28-30,32,34-36,38,40-44H2,1-2H3/b7-5-,8-6-,13-11-,14-12-,19-17-,22-21-,25-24-,27-18-,33-31-,39-37-. The van der Waals surface area contributed by atoms with Crippen molar-refractivity contribution in [1.29, 1.82) is 0 Å². The number of unbranched alkanes of at least 4 members (excludes halogenated alkanes) is 7. The van der Waals surface area contributed by atoms with E-state index < -0.39 is 12.1 Å². The number of aliphatic hydroxyl groups excluding tert-OH is 1. The fraction of sp³-hybridized carbons (Fsp3) is 0.532. The zero-order valence-electron chi connectivity index (χ0n) is 32.8. The van der Waals surface area contributed by atoms with Crippen LogP contribution in [-0.4, -0.2) is 36.4 Å². The number of hydrogen-bond donors (Lipinski definition) is 1. The van der Waals surface area contributed by atoms with E-state index >= 15 is 0 Å². The van der Waals surface area contributed by atoms with E-state index in [0.717, 1.165) is 89.9 Å².